The number of nitrogens with one attached hydrogen (secondary N) is 1. The van der Waals surface area contributed by atoms with Gasteiger partial charge in [0.25, 0.3) is 0 Å². The lowest BCUT2D eigenvalue weighted by atomic mass is 9.95. The largest absolute Gasteiger partial charge is 0.354 e. The Morgan fingerprint density at radius 3 is 2.90 bits per heavy atom. The Labute approximate surface area is 123 Å². The predicted octanol–water partition coefficient (Wildman–Crippen LogP) is 1.82. The summed E-state index contributed by atoms with van der Waals surface area (Å²) in [5, 5.41) is 13.2. The van der Waals surface area contributed by atoms with Crippen LogP contribution in [0.4, 0.5) is 5.69 Å². The van der Waals surface area contributed by atoms with Crippen LogP contribution in [0.5, 0.6) is 0 Å². The number of amides is 1. The Balaban J connectivity index is 2.28. The molecule has 1 aromatic heterocycles. The second-order valence-electron chi connectivity index (χ2n) is 5.62. The summed E-state index contributed by atoms with van der Waals surface area (Å²) in [5.41, 5.74) is 1.42. The lowest BCUT2D eigenvalue weighted by molar-refractivity contribution is -0.126. The lowest BCUT2D eigenvalue weighted by Gasteiger charge is -2.43. The lowest BCUT2D eigenvalue weighted by Crippen LogP contribution is -2.62. The number of anilines is 1. The van der Waals surface area contributed by atoms with Gasteiger partial charge in [-0.3, -0.25) is 9.78 Å². The molecule has 21 heavy (non-hydrogen) atoms. The number of pyridine rings is 1. The fraction of sp³-hybridized carbons (Fsp3) is 0.312. The van der Waals surface area contributed by atoms with Crippen LogP contribution in [0.3, 0.4) is 0 Å². The van der Waals surface area contributed by atoms with Crippen LogP contribution in [-0.4, -0.2) is 29.5 Å². The number of hydrogen-bond donors (Lipinski definition) is 1. The van der Waals surface area contributed by atoms with Gasteiger partial charge < -0.3 is 10.2 Å². The van der Waals surface area contributed by atoms with Gasteiger partial charge in [-0.15, -0.1) is 0 Å². The van der Waals surface area contributed by atoms with Crippen molar-refractivity contribution in [3.8, 4) is 6.07 Å². The summed E-state index contributed by atoms with van der Waals surface area (Å²) in [7, 11) is 0. The minimum atomic E-state index is -0.700. The summed E-state index contributed by atoms with van der Waals surface area (Å²) >= 11 is 0. The van der Waals surface area contributed by atoms with Gasteiger partial charge in [0.15, 0.2) is 0 Å². The molecule has 2 heterocycles. The number of carbonyl (C=O) groups excluding carboxylic acids is 1. The van der Waals surface area contributed by atoms with Crippen molar-refractivity contribution in [2.24, 2.45) is 0 Å². The van der Waals surface area contributed by atoms with Crippen LogP contribution >= 0.6 is 0 Å². The summed E-state index contributed by atoms with van der Waals surface area (Å²) in [6, 6.07) is 9.90. The normalized spacial score (nSPS) is 17.4. The third-order valence-corrected chi connectivity index (χ3v) is 3.99. The SMILES string of the molecule is CC1(C)C(=O)NCCN1c1c(C#N)cnc2ccccc12. The van der Waals surface area contributed by atoms with Crippen LogP contribution < -0.4 is 10.2 Å². The standard InChI is InChI=1S/C16H16N4O/c1-16(2)15(21)18-7-8-20(16)14-11(9-17)10-19-13-6-4-3-5-12(13)14/h3-6,10H,7-8H2,1-2H3,(H,18,21). The first-order valence-corrected chi connectivity index (χ1v) is 6.89. The molecule has 0 radical (unpaired) electrons. The highest BCUT2D eigenvalue weighted by Gasteiger charge is 2.39. The number of piperazine rings is 1. The van der Waals surface area contributed by atoms with E-state index in [0.29, 0.717) is 18.7 Å². The first kappa shape index (κ1) is 13.4. The Bertz CT molecular complexity index is 760. The second kappa shape index (κ2) is 4.74. The van der Waals surface area contributed by atoms with E-state index in [1.807, 2.05) is 43.0 Å². The highest BCUT2D eigenvalue weighted by atomic mass is 16.2. The number of hydrogen-bond acceptors (Lipinski definition) is 4. The molecule has 0 saturated carbocycles. The molecule has 5 heteroatoms. The molecular formula is C16H16N4O. The zero-order valence-corrected chi connectivity index (χ0v) is 12.1. The quantitative estimate of drug-likeness (QED) is 0.865. The summed E-state index contributed by atoms with van der Waals surface area (Å²) in [6.45, 7) is 4.99. The van der Waals surface area contributed by atoms with E-state index in [2.05, 4.69) is 16.4 Å². The molecule has 106 valence electrons. The average molecular weight is 280 g/mol. The maximum atomic E-state index is 12.2. The van der Waals surface area contributed by atoms with Crippen molar-refractivity contribution in [2.75, 3.05) is 18.0 Å². The Kier molecular flexibility index (Phi) is 3.02. The second-order valence-corrected chi connectivity index (χ2v) is 5.62. The van der Waals surface area contributed by atoms with Crippen molar-refractivity contribution in [2.45, 2.75) is 19.4 Å². The zero-order valence-electron chi connectivity index (χ0n) is 12.1. The topological polar surface area (TPSA) is 69.0 Å². The number of fused-ring (bicyclic) bond motifs is 1. The van der Waals surface area contributed by atoms with E-state index in [1.54, 1.807) is 6.20 Å². The molecule has 0 bridgehead atoms. The molecule has 5 nitrogen and oxygen atoms in total. The van der Waals surface area contributed by atoms with Crippen LogP contribution in [0.25, 0.3) is 10.9 Å². The number of benzene rings is 1. The fourth-order valence-corrected chi connectivity index (χ4v) is 2.79. The van der Waals surface area contributed by atoms with Gasteiger partial charge in [-0.25, -0.2) is 0 Å². The van der Waals surface area contributed by atoms with E-state index in [-0.39, 0.29) is 5.91 Å². The van der Waals surface area contributed by atoms with Gasteiger partial charge in [0.05, 0.1) is 16.8 Å². The molecule has 0 unspecified atom stereocenters. The molecular weight excluding hydrogens is 264 g/mol. The van der Waals surface area contributed by atoms with E-state index < -0.39 is 5.54 Å². The van der Waals surface area contributed by atoms with E-state index in [0.717, 1.165) is 16.6 Å². The molecule has 3 rings (SSSR count). The molecule has 1 aliphatic heterocycles. The van der Waals surface area contributed by atoms with Gasteiger partial charge in [0.2, 0.25) is 5.91 Å². The number of nitrogens with zero attached hydrogens (tertiary/aromatic N) is 3. The van der Waals surface area contributed by atoms with Gasteiger partial charge in [0, 0.05) is 24.7 Å². The Morgan fingerprint density at radius 1 is 1.38 bits per heavy atom. The van der Waals surface area contributed by atoms with E-state index in [1.165, 1.54) is 0 Å². The van der Waals surface area contributed by atoms with E-state index in [9.17, 15) is 10.1 Å². The van der Waals surface area contributed by atoms with Crippen molar-refractivity contribution in [1.82, 2.24) is 10.3 Å². The number of rotatable bonds is 1. The summed E-state index contributed by atoms with van der Waals surface area (Å²) < 4.78 is 0. The molecule has 1 aliphatic rings. The summed E-state index contributed by atoms with van der Waals surface area (Å²) in [4.78, 5) is 18.5. The first-order chi connectivity index (χ1) is 10.1. The summed E-state index contributed by atoms with van der Waals surface area (Å²) in [5.74, 6) is -0.0291. The van der Waals surface area contributed by atoms with E-state index in [4.69, 9.17) is 0 Å². The average Bonchev–Trinajstić information content (AvgIpc) is 2.49. The Hall–Kier alpha value is -2.61. The number of para-hydroxylation sites is 1. The van der Waals surface area contributed by atoms with Crippen LogP contribution in [0.2, 0.25) is 0 Å². The molecule has 1 aromatic carbocycles. The van der Waals surface area contributed by atoms with Gasteiger partial charge in [0.1, 0.15) is 11.6 Å². The highest BCUT2D eigenvalue weighted by Crippen LogP contribution is 2.34. The highest BCUT2D eigenvalue weighted by molar-refractivity contribution is 5.99. The molecule has 1 fully saturated rings. The molecule has 1 N–H and O–H groups in total. The van der Waals surface area contributed by atoms with Gasteiger partial charge in [-0.1, -0.05) is 18.2 Å². The number of nitriles is 1. The van der Waals surface area contributed by atoms with Crippen LogP contribution in [0.15, 0.2) is 30.5 Å². The van der Waals surface area contributed by atoms with Crippen molar-refractivity contribution in [1.29, 1.82) is 5.26 Å². The Morgan fingerprint density at radius 2 is 2.14 bits per heavy atom. The van der Waals surface area contributed by atoms with Gasteiger partial charge in [-0.05, 0) is 19.9 Å². The van der Waals surface area contributed by atoms with Gasteiger partial charge in [-0.2, -0.15) is 5.26 Å². The molecule has 0 spiro atoms. The van der Waals surface area contributed by atoms with Crippen molar-refractivity contribution < 1.29 is 4.79 Å². The fourth-order valence-electron chi connectivity index (χ4n) is 2.79. The van der Waals surface area contributed by atoms with Crippen molar-refractivity contribution in [3.63, 3.8) is 0 Å². The number of aromatic nitrogens is 1. The number of carbonyl (C=O) groups is 1. The van der Waals surface area contributed by atoms with Gasteiger partial charge >= 0.3 is 0 Å². The summed E-state index contributed by atoms with van der Waals surface area (Å²) in [6.07, 6.45) is 1.58. The molecule has 0 atom stereocenters. The monoisotopic (exact) mass is 280 g/mol. The van der Waals surface area contributed by atoms with Crippen LogP contribution in [0.1, 0.15) is 19.4 Å². The third-order valence-electron chi connectivity index (χ3n) is 3.99. The molecule has 2 aromatic rings. The maximum Gasteiger partial charge on any atom is 0.245 e. The van der Waals surface area contributed by atoms with E-state index >= 15 is 0 Å². The first-order valence-electron chi connectivity index (χ1n) is 6.89. The third kappa shape index (κ3) is 2.00. The minimum Gasteiger partial charge on any atom is -0.354 e. The molecule has 1 saturated heterocycles. The zero-order chi connectivity index (χ0) is 15.0. The minimum absolute atomic E-state index is 0.0291. The molecule has 0 aliphatic carbocycles. The van der Waals surface area contributed by atoms with Crippen LogP contribution in [-0.2, 0) is 4.79 Å². The van der Waals surface area contributed by atoms with Crippen LogP contribution in [0, 0.1) is 11.3 Å². The maximum absolute atomic E-state index is 12.2. The van der Waals surface area contributed by atoms with Crippen molar-refractivity contribution >= 4 is 22.5 Å². The van der Waals surface area contributed by atoms with Crippen molar-refractivity contribution in [3.05, 3.63) is 36.0 Å². The predicted molar refractivity (Wildman–Crippen MR) is 80.9 cm³/mol. The molecule has 1 amide bonds. The smallest absolute Gasteiger partial charge is 0.245 e.